The number of halogens is 3. The summed E-state index contributed by atoms with van der Waals surface area (Å²) in [6.07, 6.45) is -2.43. The van der Waals surface area contributed by atoms with Gasteiger partial charge in [0.1, 0.15) is 11.8 Å². The van der Waals surface area contributed by atoms with Crippen molar-refractivity contribution in [3.05, 3.63) is 101 Å². The number of rotatable bonds is 12. The first-order valence-corrected chi connectivity index (χ1v) is 13.1. The van der Waals surface area contributed by atoms with Crippen LogP contribution in [-0.4, -0.2) is 31.0 Å². The summed E-state index contributed by atoms with van der Waals surface area (Å²) in [7, 11) is 1.64. The summed E-state index contributed by atoms with van der Waals surface area (Å²) in [6.45, 7) is 7.16. The Labute approximate surface area is 223 Å². The lowest BCUT2D eigenvalue weighted by atomic mass is 9.94. The summed E-state index contributed by atoms with van der Waals surface area (Å²) in [5.41, 5.74) is 3.04. The molecule has 1 N–H and O–H groups in total. The van der Waals surface area contributed by atoms with Gasteiger partial charge in [-0.05, 0) is 73.6 Å². The van der Waals surface area contributed by atoms with Crippen LogP contribution >= 0.6 is 0 Å². The van der Waals surface area contributed by atoms with Crippen molar-refractivity contribution in [1.29, 1.82) is 0 Å². The van der Waals surface area contributed by atoms with Crippen LogP contribution in [0.25, 0.3) is 0 Å². The van der Waals surface area contributed by atoms with Crippen LogP contribution < -0.4 is 10.1 Å². The Morgan fingerprint density at radius 1 is 0.921 bits per heavy atom. The molecule has 0 saturated carbocycles. The second kappa shape index (κ2) is 13.5. The minimum atomic E-state index is -4.37. The van der Waals surface area contributed by atoms with Gasteiger partial charge in [0.2, 0.25) is 5.91 Å². The van der Waals surface area contributed by atoms with Gasteiger partial charge in [-0.15, -0.1) is 0 Å². The number of alkyl halides is 3. The number of likely N-dealkylation sites (N-methyl/N-ethyl adjacent to an activating group) is 1. The molecule has 0 fully saturated rings. The highest BCUT2D eigenvalue weighted by Gasteiger charge is 2.30. The van der Waals surface area contributed by atoms with Gasteiger partial charge in [-0.3, -0.25) is 10.1 Å². The van der Waals surface area contributed by atoms with E-state index < -0.39 is 17.8 Å². The molecule has 3 aromatic rings. The van der Waals surface area contributed by atoms with Crippen LogP contribution in [0.5, 0.6) is 5.75 Å². The first kappa shape index (κ1) is 29.2. The lowest BCUT2D eigenvalue weighted by Gasteiger charge is -2.30. The number of hydrogen-bond donors (Lipinski definition) is 1. The molecule has 7 heteroatoms. The number of carbonyl (C=O) groups excluding carboxylic acids is 1. The van der Waals surface area contributed by atoms with Crippen molar-refractivity contribution in [2.75, 3.05) is 20.2 Å². The lowest BCUT2D eigenvalue weighted by molar-refractivity contribution is -0.137. The normalized spacial score (nSPS) is 13.1. The summed E-state index contributed by atoms with van der Waals surface area (Å²) < 4.78 is 44.7. The zero-order valence-electron chi connectivity index (χ0n) is 22.5. The third-order valence-corrected chi connectivity index (χ3v) is 6.92. The highest BCUT2D eigenvalue weighted by atomic mass is 19.4. The minimum absolute atomic E-state index is 0.0159. The molecular formula is C31H37F3N2O2. The number of ether oxygens (including phenoxy) is 1. The van der Waals surface area contributed by atoms with Crippen LogP contribution in [0.15, 0.2) is 72.8 Å². The van der Waals surface area contributed by atoms with Crippen molar-refractivity contribution in [3.63, 3.8) is 0 Å². The third-order valence-electron chi connectivity index (χ3n) is 6.92. The van der Waals surface area contributed by atoms with Gasteiger partial charge in [0.25, 0.3) is 0 Å². The van der Waals surface area contributed by atoms with E-state index >= 15 is 0 Å². The number of carbonyl (C=O) groups is 1. The van der Waals surface area contributed by atoms with Gasteiger partial charge in [0, 0.05) is 19.1 Å². The van der Waals surface area contributed by atoms with E-state index in [2.05, 4.69) is 12.2 Å². The molecule has 3 rings (SSSR count). The number of aryl methyl sites for hydroxylation is 2. The van der Waals surface area contributed by atoms with Crippen molar-refractivity contribution in [1.82, 2.24) is 10.2 Å². The average Bonchev–Trinajstić information content (AvgIpc) is 2.93. The molecular weight excluding hydrogens is 489 g/mol. The van der Waals surface area contributed by atoms with Crippen molar-refractivity contribution in [2.24, 2.45) is 0 Å². The van der Waals surface area contributed by atoms with Gasteiger partial charge in [-0.25, -0.2) is 0 Å². The van der Waals surface area contributed by atoms with Gasteiger partial charge in [-0.1, -0.05) is 61.5 Å². The van der Waals surface area contributed by atoms with E-state index in [4.69, 9.17) is 4.74 Å². The Balaban J connectivity index is 1.96. The van der Waals surface area contributed by atoms with Crippen LogP contribution in [0, 0.1) is 0 Å². The van der Waals surface area contributed by atoms with Crippen molar-refractivity contribution < 1.29 is 22.7 Å². The molecule has 204 valence electrons. The molecule has 0 spiro atoms. The smallest absolute Gasteiger partial charge is 0.416 e. The molecule has 0 aliphatic rings. The van der Waals surface area contributed by atoms with Gasteiger partial charge >= 0.3 is 6.18 Å². The predicted molar refractivity (Wildman–Crippen MR) is 145 cm³/mol. The van der Waals surface area contributed by atoms with Crippen LogP contribution in [0.4, 0.5) is 13.2 Å². The largest absolute Gasteiger partial charge is 0.496 e. The number of amides is 1. The molecule has 0 heterocycles. The molecule has 0 aliphatic carbocycles. The van der Waals surface area contributed by atoms with Crippen LogP contribution in [0.1, 0.15) is 67.1 Å². The Morgan fingerprint density at radius 3 is 2.13 bits per heavy atom. The topological polar surface area (TPSA) is 41.6 Å². The molecule has 3 aromatic carbocycles. The fourth-order valence-electron chi connectivity index (χ4n) is 4.66. The Kier molecular flexibility index (Phi) is 10.4. The fourth-order valence-corrected chi connectivity index (χ4v) is 4.66. The molecule has 4 nitrogen and oxygen atoms in total. The van der Waals surface area contributed by atoms with Crippen LogP contribution in [0.3, 0.4) is 0 Å². The summed E-state index contributed by atoms with van der Waals surface area (Å²) in [4.78, 5) is 15.4. The molecule has 0 aliphatic heterocycles. The van der Waals surface area contributed by atoms with Gasteiger partial charge in [0.05, 0.1) is 12.7 Å². The molecule has 0 aromatic heterocycles. The molecule has 0 saturated heterocycles. The second-order valence-corrected chi connectivity index (χ2v) is 9.23. The maximum atomic E-state index is 13.6. The zero-order valence-corrected chi connectivity index (χ0v) is 22.5. The van der Waals surface area contributed by atoms with Crippen molar-refractivity contribution in [2.45, 2.75) is 58.3 Å². The van der Waals surface area contributed by atoms with E-state index in [0.717, 1.165) is 46.6 Å². The molecule has 1 unspecified atom stereocenters. The minimum Gasteiger partial charge on any atom is -0.496 e. The standard InChI is InChI=1S/C31H37F3N2O2/c1-5-23-16-17-25(21-28(23)38-4)27(20-15-22-13-18-26(19-14-22)31(32,33)34)35-29(24-11-9-8-10-12-24)30(37)36(6-2)7-3/h8-14,16-19,21,27,29,35H,5-7,15,20H2,1-4H3/t27?,29-/m1/s1. The summed E-state index contributed by atoms with van der Waals surface area (Å²) in [5.74, 6) is 0.760. The number of nitrogens with zero attached hydrogens (tertiary/aromatic N) is 1. The SMILES string of the molecule is CCc1ccc(C(CCc2ccc(C(F)(F)F)cc2)N[C@@H](C(=O)N(CC)CC)c2ccccc2)cc1OC. The van der Waals surface area contributed by atoms with E-state index in [0.29, 0.717) is 25.9 Å². The highest BCUT2D eigenvalue weighted by Crippen LogP contribution is 2.32. The number of hydrogen-bond acceptors (Lipinski definition) is 3. The Hall–Kier alpha value is -3.32. The highest BCUT2D eigenvalue weighted by molar-refractivity contribution is 5.83. The number of methoxy groups -OCH3 is 1. The maximum absolute atomic E-state index is 13.6. The Morgan fingerprint density at radius 2 is 1.58 bits per heavy atom. The molecule has 1 amide bonds. The predicted octanol–water partition coefficient (Wildman–Crippen LogP) is 7.15. The maximum Gasteiger partial charge on any atom is 0.416 e. The van der Waals surface area contributed by atoms with Gasteiger partial charge in [0.15, 0.2) is 0 Å². The first-order chi connectivity index (χ1) is 18.2. The van der Waals surface area contributed by atoms with Crippen LogP contribution in [-0.2, 0) is 23.8 Å². The van der Waals surface area contributed by atoms with E-state index in [9.17, 15) is 18.0 Å². The first-order valence-electron chi connectivity index (χ1n) is 13.1. The zero-order chi connectivity index (χ0) is 27.7. The average molecular weight is 527 g/mol. The summed E-state index contributed by atoms with van der Waals surface area (Å²) in [6, 6.07) is 20.1. The molecule has 0 radical (unpaired) electrons. The van der Waals surface area contributed by atoms with E-state index in [-0.39, 0.29) is 11.9 Å². The number of benzene rings is 3. The molecule has 0 bridgehead atoms. The summed E-state index contributed by atoms with van der Waals surface area (Å²) in [5, 5.41) is 3.60. The molecule has 38 heavy (non-hydrogen) atoms. The van der Waals surface area contributed by atoms with E-state index in [1.165, 1.54) is 12.1 Å². The lowest BCUT2D eigenvalue weighted by Crippen LogP contribution is -2.42. The van der Waals surface area contributed by atoms with Gasteiger partial charge < -0.3 is 9.64 Å². The third kappa shape index (κ3) is 7.38. The monoisotopic (exact) mass is 526 g/mol. The second-order valence-electron chi connectivity index (χ2n) is 9.23. The van der Waals surface area contributed by atoms with Crippen LogP contribution in [0.2, 0.25) is 0 Å². The quantitative estimate of drug-likeness (QED) is 0.273. The van der Waals surface area contributed by atoms with Crippen molar-refractivity contribution in [3.8, 4) is 5.75 Å². The van der Waals surface area contributed by atoms with Crippen molar-refractivity contribution >= 4 is 5.91 Å². The van der Waals surface area contributed by atoms with E-state index in [1.54, 1.807) is 12.0 Å². The van der Waals surface area contributed by atoms with E-state index in [1.807, 2.05) is 62.4 Å². The fraction of sp³-hybridized carbons (Fsp3) is 0.387. The molecule has 2 atom stereocenters. The van der Waals surface area contributed by atoms with Gasteiger partial charge in [-0.2, -0.15) is 13.2 Å². The summed E-state index contributed by atoms with van der Waals surface area (Å²) >= 11 is 0. The Bertz CT molecular complexity index is 1160. The number of nitrogens with one attached hydrogen (secondary N) is 1.